The second-order valence-corrected chi connectivity index (χ2v) is 5.22. The fourth-order valence-corrected chi connectivity index (χ4v) is 2.39. The molecule has 0 saturated heterocycles. The van der Waals surface area contributed by atoms with E-state index in [4.69, 9.17) is 10.5 Å². The summed E-state index contributed by atoms with van der Waals surface area (Å²) >= 11 is 1.65. The van der Waals surface area contributed by atoms with Crippen LogP contribution in [0.15, 0.2) is 53.9 Å². The summed E-state index contributed by atoms with van der Waals surface area (Å²) in [5.74, 6) is 1.47. The number of hydrogen-bond acceptors (Lipinski definition) is 5. The largest absolute Gasteiger partial charge is 0.472 e. The van der Waals surface area contributed by atoms with Gasteiger partial charge in [-0.05, 0) is 11.4 Å². The van der Waals surface area contributed by atoms with Gasteiger partial charge in [-0.15, -0.1) is 11.3 Å². The van der Waals surface area contributed by atoms with Crippen molar-refractivity contribution in [3.8, 4) is 17.3 Å². The topological polar surface area (TPSA) is 61.0 Å². The van der Waals surface area contributed by atoms with Gasteiger partial charge in [0.2, 0.25) is 5.88 Å². The SMILES string of the molecule is Nc1cc(OCc2cccs2)nc(-c2ccccc2)n1. The van der Waals surface area contributed by atoms with Gasteiger partial charge >= 0.3 is 0 Å². The van der Waals surface area contributed by atoms with E-state index in [1.165, 1.54) is 0 Å². The summed E-state index contributed by atoms with van der Waals surface area (Å²) < 4.78 is 5.67. The molecule has 0 aliphatic carbocycles. The van der Waals surface area contributed by atoms with Crippen molar-refractivity contribution in [2.45, 2.75) is 6.61 Å². The molecule has 2 heterocycles. The molecular weight excluding hydrogens is 270 g/mol. The van der Waals surface area contributed by atoms with Gasteiger partial charge in [-0.25, -0.2) is 4.98 Å². The maximum Gasteiger partial charge on any atom is 0.219 e. The Labute approximate surface area is 120 Å². The monoisotopic (exact) mass is 283 g/mol. The maximum atomic E-state index is 5.82. The Hall–Kier alpha value is -2.40. The van der Waals surface area contributed by atoms with E-state index in [0.29, 0.717) is 24.1 Å². The molecule has 3 aromatic rings. The lowest BCUT2D eigenvalue weighted by molar-refractivity contribution is 0.297. The van der Waals surface area contributed by atoms with Crippen molar-refractivity contribution >= 4 is 17.2 Å². The summed E-state index contributed by atoms with van der Waals surface area (Å²) in [6.45, 7) is 0.488. The molecule has 0 aliphatic heterocycles. The summed E-state index contributed by atoms with van der Waals surface area (Å²) in [5.41, 5.74) is 6.73. The number of anilines is 1. The van der Waals surface area contributed by atoms with Crippen LogP contribution >= 0.6 is 11.3 Å². The molecule has 0 fully saturated rings. The van der Waals surface area contributed by atoms with Crippen LogP contribution in [0.1, 0.15) is 4.88 Å². The molecule has 20 heavy (non-hydrogen) atoms. The molecule has 3 rings (SSSR count). The maximum absolute atomic E-state index is 5.82. The number of nitrogens with zero attached hydrogens (tertiary/aromatic N) is 2. The second kappa shape index (κ2) is 5.71. The number of hydrogen-bond donors (Lipinski definition) is 1. The van der Waals surface area contributed by atoms with Gasteiger partial charge in [0.05, 0.1) is 0 Å². The number of nitrogens with two attached hydrogens (primary N) is 1. The third-order valence-corrected chi connectivity index (χ3v) is 3.55. The lowest BCUT2D eigenvalue weighted by Gasteiger charge is -2.07. The molecule has 0 radical (unpaired) electrons. The lowest BCUT2D eigenvalue weighted by Crippen LogP contribution is -2.01. The summed E-state index contributed by atoms with van der Waals surface area (Å²) in [6.07, 6.45) is 0. The highest BCUT2D eigenvalue weighted by atomic mass is 32.1. The molecule has 0 aliphatic rings. The first kappa shape index (κ1) is 12.6. The van der Waals surface area contributed by atoms with Crippen LogP contribution in [0.2, 0.25) is 0 Å². The Kier molecular flexibility index (Phi) is 3.60. The molecule has 0 spiro atoms. The quantitative estimate of drug-likeness (QED) is 0.797. The van der Waals surface area contributed by atoms with Gasteiger partial charge in [-0.3, -0.25) is 0 Å². The number of nitrogen functional groups attached to an aromatic ring is 1. The van der Waals surface area contributed by atoms with E-state index in [-0.39, 0.29) is 0 Å². The van der Waals surface area contributed by atoms with Crippen LogP contribution < -0.4 is 10.5 Å². The first-order valence-corrected chi connectivity index (χ1v) is 7.04. The predicted molar refractivity (Wildman–Crippen MR) is 80.5 cm³/mol. The minimum absolute atomic E-state index is 0.403. The average Bonchev–Trinajstić information content (AvgIpc) is 2.99. The molecule has 2 aromatic heterocycles. The number of aromatic nitrogens is 2. The van der Waals surface area contributed by atoms with Crippen LogP contribution in [0.5, 0.6) is 5.88 Å². The van der Waals surface area contributed by atoms with Crippen molar-refractivity contribution < 1.29 is 4.74 Å². The molecule has 100 valence electrons. The van der Waals surface area contributed by atoms with Gasteiger partial charge < -0.3 is 10.5 Å². The van der Waals surface area contributed by atoms with Crippen molar-refractivity contribution in [1.29, 1.82) is 0 Å². The normalized spacial score (nSPS) is 10.4. The third kappa shape index (κ3) is 2.95. The van der Waals surface area contributed by atoms with E-state index in [2.05, 4.69) is 9.97 Å². The molecule has 0 saturated carbocycles. The second-order valence-electron chi connectivity index (χ2n) is 4.19. The van der Waals surface area contributed by atoms with Gasteiger partial charge in [0, 0.05) is 16.5 Å². The van der Waals surface area contributed by atoms with Gasteiger partial charge in [-0.1, -0.05) is 36.4 Å². The van der Waals surface area contributed by atoms with Gasteiger partial charge in [0.15, 0.2) is 5.82 Å². The van der Waals surface area contributed by atoms with Crippen molar-refractivity contribution in [3.63, 3.8) is 0 Å². The number of benzene rings is 1. The smallest absolute Gasteiger partial charge is 0.219 e. The van der Waals surface area contributed by atoms with E-state index in [0.717, 1.165) is 10.4 Å². The molecular formula is C15H13N3OS. The Morgan fingerprint density at radius 2 is 1.90 bits per heavy atom. The van der Waals surface area contributed by atoms with Gasteiger partial charge in [0.1, 0.15) is 12.4 Å². The summed E-state index contributed by atoms with van der Waals surface area (Å²) in [6, 6.07) is 15.4. The summed E-state index contributed by atoms with van der Waals surface area (Å²) in [4.78, 5) is 9.77. The highest BCUT2D eigenvalue weighted by Crippen LogP contribution is 2.21. The highest BCUT2D eigenvalue weighted by Gasteiger charge is 2.06. The fraction of sp³-hybridized carbons (Fsp3) is 0.0667. The zero-order chi connectivity index (χ0) is 13.8. The zero-order valence-corrected chi connectivity index (χ0v) is 11.5. The average molecular weight is 283 g/mol. The first-order valence-electron chi connectivity index (χ1n) is 6.16. The highest BCUT2D eigenvalue weighted by molar-refractivity contribution is 7.09. The van der Waals surface area contributed by atoms with Gasteiger partial charge in [-0.2, -0.15) is 4.98 Å². The Morgan fingerprint density at radius 1 is 1.05 bits per heavy atom. The first-order chi connectivity index (χ1) is 9.81. The minimum Gasteiger partial charge on any atom is -0.472 e. The van der Waals surface area contributed by atoms with E-state index < -0.39 is 0 Å². The van der Waals surface area contributed by atoms with Crippen molar-refractivity contribution in [2.75, 3.05) is 5.73 Å². The summed E-state index contributed by atoms with van der Waals surface area (Å²) in [5, 5.41) is 2.02. The predicted octanol–water partition coefficient (Wildman–Crippen LogP) is 3.37. The van der Waals surface area contributed by atoms with E-state index in [1.807, 2.05) is 47.8 Å². The molecule has 0 atom stereocenters. The minimum atomic E-state index is 0.403. The molecule has 4 nitrogen and oxygen atoms in total. The Bertz CT molecular complexity index is 684. The van der Waals surface area contributed by atoms with Crippen molar-refractivity contribution in [2.24, 2.45) is 0 Å². The third-order valence-electron chi connectivity index (χ3n) is 2.70. The molecule has 0 amide bonds. The lowest BCUT2D eigenvalue weighted by atomic mass is 10.2. The molecule has 0 unspecified atom stereocenters. The zero-order valence-electron chi connectivity index (χ0n) is 10.7. The fourth-order valence-electron chi connectivity index (χ4n) is 1.77. The standard InChI is InChI=1S/C15H13N3OS/c16-13-9-14(19-10-12-7-4-8-20-12)18-15(17-13)11-5-2-1-3-6-11/h1-9H,10H2,(H2,16,17,18). The molecule has 5 heteroatoms. The van der Waals surface area contributed by atoms with E-state index >= 15 is 0 Å². The van der Waals surface area contributed by atoms with Crippen molar-refractivity contribution in [1.82, 2.24) is 9.97 Å². The van der Waals surface area contributed by atoms with Crippen LogP contribution in [-0.2, 0) is 6.61 Å². The number of rotatable bonds is 4. The van der Waals surface area contributed by atoms with Crippen LogP contribution in [-0.4, -0.2) is 9.97 Å². The Balaban J connectivity index is 1.83. The van der Waals surface area contributed by atoms with Gasteiger partial charge in [0.25, 0.3) is 0 Å². The van der Waals surface area contributed by atoms with Crippen LogP contribution in [0, 0.1) is 0 Å². The van der Waals surface area contributed by atoms with Crippen molar-refractivity contribution in [3.05, 3.63) is 58.8 Å². The number of ether oxygens (including phenoxy) is 1. The van der Waals surface area contributed by atoms with E-state index in [9.17, 15) is 0 Å². The van der Waals surface area contributed by atoms with Crippen LogP contribution in [0.3, 0.4) is 0 Å². The Morgan fingerprint density at radius 3 is 2.65 bits per heavy atom. The number of thiophene rings is 1. The van der Waals surface area contributed by atoms with Crippen LogP contribution in [0.4, 0.5) is 5.82 Å². The molecule has 2 N–H and O–H groups in total. The molecule has 0 bridgehead atoms. The molecule has 1 aromatic carbocycles. The van der Waals surface area contributed by atoms with Crippen LogP contribution in [0.25, 0.3) is 11.4 Å². The van der Waals surface area contributed by atoms with E-state index in [1.54, 1.807) is 17.4 Å². The summed E-state index contributed by atoms with van der Waals surface area (Å²) in [7, 11) is 0.